The van der Waals surface area contributed by atoms with E-state index in [0.29, 0.717) is 5.92 Å². The fraction of sp³-hybridized carbons (Fsp3) is 0.545. The van der Waals surface area contributed by atoms with Crippen LogP contribution in [0.25, 0.3) is 0 Å². The molecule has 1 N–H and O–H groups in total. The molecule has 0 amide bonds. The van der Waals surface area contributed by atoms with Crippen LogP contribution in [0.4, 0.5) is 5.82 Å². The number of halogens is 2. The Hall–Kier alpha value is -0.320. The maximum atomic E-state index is 6.18. The first-order valence-electron chi connectivity index (χ1n) is 5.41. The number of hydrogen-bond donors (Lipinski definition) is 1. The Bertz CT molecular complexity index is 372. The molecule has 2 rings (SSSR count). The third kappa shape index (κ3) is 2.67. The van der Waals surface area contributed by atoms with Gasteiger partial charge in [-0.1, -0.05) is 11.6 Å². The second-order valence-electron chi connectivity index (χ2n) is 4.12. The third-order valence-corrected chi connectivity index (χ3v) is 3.58. The molecule has 1 atom stereocenters. The molecule has 0 saturated carbocycles. The molecule has 3 nitrogen and oxygen atoms in total. The Balaban J connectivity index is 2.08. The molecule has 2 heterocycles. The van der Waals surface area contributed by atoms with Gasteiger partial charge in [0.15, 0.2) is 0 Å². The second-order valence-corrected chi connectivity index (χ2v) is 5.44. The molecule has 1 aliphatic heterocycles. The van der Waals surface area contributed by atoms with Crippen LogP contribution in [0.3, 0.4) is 0 Å². The van der Waals surface area contributed by atoms with E-state index in [0.717, 1.165) is 34.9 Å². The lowest BCUT2D eigenvalue weighted by Crippen LogP contribution is -2.25. The van der Waals surface area contributed by atoms with Crippen LogP contribution in [0, 0.1) is 5.92 Å². The van der Waals surface area contributed by atoms with Crippen molar-refractivity contribution in [3.8, 4) is 0 Å². The van der Waals surface area contributed by atoms with E-state index in [-0.39, 0.29) is 0 Å². The van der Waals surface area contributed by atoms with Gasteiger partial charge in [-0.15, -0.1) is 0 Å². The van der Waals surface area contributed by atoms with Gasteiger partial charge in [0.05, 0.1) is 5.02 Å². The SMILES string of the molecule is CNCC1CCN(c2ncc(Br)cc2Cl)C1. The van der Waals surface area contributed by atoms with Crippen LogP contribution < -0.4 is 10.2 Å². The summed E-state index contributed by atoms with van der Waals surface area (Å²) in [5, 5.41) is 3.94. The number of nitrogens with one attached hydrogen (secondary N) is 1. The number of hydrogen-bond acceptors (Lipinski definition) is 3. The van der Waals surface area contributed by atoms with Crippen LogP contribution >= 0.6 is 27.5 Å². The van der Waals surface area contributed by atoms with Crippen molar-refractivity contribution in [1.29, 1.82) is 0 Å². The monoisotopic (exact) mass is 303 g/mol. The van der Waals surface area contributed by atoms with Gasteiger partial charge >= 0.3 is 0 Å². The third-order valence-electron chi connectivity index (χ3n) is 2.87. The van der Waals surface area contributed by atoms with E-state index in [1.165, 1.54) is 6.42 Å². The summed E-state index contributed by atoms with van der Waals surface area (Å²) >= 11 is 9.55. The normalized spacial score (nSPS) is 20.4. The first-order valence-corrected chi connectivity index (χ1v) is 6.58. The Morgan fingerprint density at radius 3 is 3.19 bits per heavy atom. The maximum absolute atomic E-state index is 6.18. The summed E-state index contributed by atoms with van der Waals surface area (Å²) in [5.41, 5.74) is 0. The lowest BCUT2D eigenvalue weighted by molar-refractivity contribution is 0.549. The Kier molecular flexibility index (Phi) is 4.05. The van der Waals surface area contributed by atoms with Gasteiger partial charge in [0, 0.05) is 23.8 Å². The highest BCUT2D eigenvalue weighted by molar-refractivity contribution is 9.10. The van der Waals surface area contributed by atoms with E-state index in [1.807, 2.05) is 13.1 Å². The largest absolute Gasteiger partial charge is 0.355 e. The van der Waals surface area contributed by atoms with Gasteiger partial charge in [0.1, 0.15) is 5.82 Å². The number of aromatic nitrogens is 1. The predicted octanol–water partition coefficient (Wildman–Crippen LogP) is 2.54. The van der Waals surface area contributed by atoms with Crippen LogP contribution in [-0.2, 0) is 0 Å². The Morgan fingerprint density at radius 1 is 1.69 bits per heavy atom. The molecule has 1 fully saturated rings. The Labute approximate surface area is 109 Å². The standard InChI is InChI=1S/C11H15BrClN3/c1-14-5-8-2-3-16(7-8)11-10(13)4-9(12)6-15-11/h4,6,8,14H,2-3,5,7H2,1H3. The summed E-state index contributed by atoms with van der Waals surface area (Å²) in [6.45, 7) is 3.14. The maximum Gasteiger partial charge on any atom is 0.147 e. The van der Waals surface area contributed by atoms with E-state index in [9.17, 15) is 0 Å². The average molecular weight is 305 g/mol. The van der Waals surface area contributed by atoms with Crippen molar-refractivity contribution in [2.24, 2.45) is 5.92 Å². The number of nitrogens with zero attached hydrogens (tertiary/aromatic N) is 2. The van der Waals surface area contributed by atoms with Gasteiger partial charge in [-0.25, -0.2) is 4.98 Å². The van der Waals surface area contributed by atoms with Crippen LogP contribution in [-0.4, -0.2) is 31.7 Å². The Morgan fingerprint density at radius 2 is 2.50 bits per heavy atom. The highest BCUT2D eigenvalue weighted by atomic mass is 79.9. The fourth-order valence-electron chi connectivity index (χ4n) is 2.12. The van der Waals surface area contributed by atoms with Crippen LogP contribution in [0.2, 0.25) is 5.02 Å². The molecule has 0 aromatic carbocycles. The average Bonchev–Trinajstić information content (AvgIpc) is 2.67. The summed E-state index contributed by atoms with van der Waals surface area (Å²) in [4.78, 5) is 6.64. The van der Waals surface area contributed by atoms with Crippen molar-refractivity contribution in [1.82, 2.24) is 10.3 Å². The molecular formula is C11H15BrClN3. The summed E-state index contributed by atoms with van der Waals surface area (Å²) in [6.07, 6.45) is 3.00. The molecule has 16 heavy (non-hydrogen) atoms. The summed E-state index contributed by atoms with van der Waals surface area (Å²) in [5.74, 6) is 1.61. The lowest BCUT2D eigenvalue weighted by atomic mass is 10.1. The van der Waals surface area contributed by atoms with E-state index in [2.05, 4.69) is 31.1 Å². The van der Waals surface area contributed by atoms with Crippen molar-refractivity contribution in [2.45, 2.75) is 6.42 Å². The van der Waals surface area contributed by atoms with Gasteiger partial charge in [-0.3, -0.25) is 0 Å². The summed E-state index contributed by atoms with van der Waals surface area (Å²) in [6, 6.07) is 1.90. The number of rotatable bonds is 3. The topological polar surface area (TPSA) is 28.2 Å². The minimum absolute atomic E-state index is 0.700. The smallest absolute Gasteiger partial charge is 0.147 e. The fourth-order valence-corrected chi connectivity index (χ4v) is 2.87. The highest BCUT2D eigenvalue weighted by Crippen LogP contribution is 2.29. The minimum atomic E-state index is 0.700. The molecule has 1 aromatic rings. The van der Waals surface area contributed by atoms with Gasteiger partial charge in [-0.2, -0.15) is 0 Å². The lowest BCUT2D eigenvalue weighted by Gasteiger charge is -2.18. The summed E-state index contributed by atoms with van der Waals surface area (Å²) in [7, 11) is 1.99. The van der Waals surface area contributed by atoms with Gasteiger partial charge in [-0.05, 0) is 47.9 Å². The van der Waals surface area contributed by atoms with Crippen LogP contribution in [0.5, 0.6) is 0 Å². The molecular weight excluding hydrogens is 289 g/mol. The van der Waals surface area contributed by atoms with Crippen LogP contribution in [0.15, 0.2) is 16.7 Å². The van der Waals surface area contributed by atoms with Crippen molar-refractivity contribution in [3.05, 3.63) is 21.8 Å². The van der Waals surface area contributed by atoms with Gasteiger partial charge in [0.2, 0.25) is 0 Å². The van der Waals surface area contributed by atoms with Gasteiger partial charge < -0.3 is 10.2 Å². The molecule has 0 spiro atoms. The molecule has 88 valence electrons. The molecule has 1 aromatic heterocycles. The molecule has 0 radical (unpaired) electrons. The second kappa shape index (κ2) is 5.34. The molecule has 0 aliphatic carbocycles. The zero-order valence-corrected chi connectivity index (χ0v) is 11.6. The minimum Gasteiger partial charge on any atom is -0.355 e. The molecule has 5 heteroatoms. The number of anilines is 1. The number of pyridine rings is 1. The summed E-state index contributed by atoms with van der Waals surface area (Å²) < 4.78 is 0.923. The van der Waals surface area contributed by atoms with Crippen LogP contribution in [0.1, 0.15) is 6.42 Å². The van der Waals surface area contributed by atoms with Crippen molar-refractivity contribution >= 4 is 33.3 Å². The molecule has 0 bridgehead atoms. The first kappa shape index (κ1) is 12.1. The van der Waals surface area contributed by atoms with E-state index in [1.54, 1.807) is 6.20 Å². The predicted molar refractivity (Wildman–Crippen MR) is 71.2 cm³/mol. The molecule has 1 saturated heterocycles. The van der Waals surface area contributed by atoms with E-state index < -0.39 is 0 Å². The van der Waals surface area contributed by atoms with Crippen molar-refractivity contribution in [3.63, 3.8) is 0 Å². The zero-order chi connectivity index (χ0) is 11.5. The van der Waals surface area contributed by atoms with Crippen molar-refractivity contribution < 1.29 is 0 Å². The highest BCUT2D eigenvalue weighted by Gasteiger charge is 2.24. The molecule has 1 unspecified atom stereocenters. The van der Waals surface area contributed by atoms with E-state index in [4.69, 9.17) is 11.6 Å². The van der Waals surface area contributed by atoms with Gasteiger partial charge in [0.25, 0.3) is 0 Å². The van der Waals surface area contributed by atoms with E-state index >= 15 is 0 Å². The molecule has 1 aliphatic rings. The quantitative estimate of drug-likeness (QED) is 0.930. The van der Waals surface area contributed by atoms with Crippen molar-refractivity contribution in [2.75, 3.05) is 31.6 Å². The zero-order valence-electron chi connectivity index (χ0n) is 9.21. The first-order chi connectivity index (χ1) is 7.70.